The molecule has 0 radical (unpaired) electrons. The summed E-state index contributed by atoms with van der Waals surface area (Å²) >= 11 is 0. The van der Waals surface area contributed by atoms with E-state index >= 15 is 0 Å². The average molecular weight is 319 g/mol. The molecule has 1 amide bonds. The number of furan rings is 1. The van der Waals surface area contributed by atoms with E-state index < -0.39 is 6.10 Å². The van der Waals surface area contributed by atoms with Crippen LogP contribution in [0.2, 0.25) is 0 Å². The van der Waals surface area contributed by atoms with Crippen LogP contribution in [0.5, 0.6) is 11.5 Å². The number of methoxy groups -OCH3 is 2. The number of hydrogen-bond donors (Lipinski definition) is 2. The number of carbonyl (C=O) groups excluding carboxylic acids is 1. The van der Waals surface area contributed by atoms with Gasteiger partial charge in [-0.25, -0.2) is 0 Å². The van der Waals surface area contributed by atoms with Gasteiger partial charge in [-0.05, 0) is 37.6 Å². The molecule has 0 bridgehead atoms. The fourth-order valence-electron chi connectivity index (χ4n) is 2.32. The lowest BCUT2D eigenvalue weighted by Gasteiger charge is -2.14. The third-order valence-corrected chi connectivity index (χ3v) is 3.53. The Hall–Kier alpha value is -2.47. The number of nitrogens with one attached hydrogen (secondary N) is 1. The largest absolute Gasteiger partial charge is 0.493 e. The SMILES string of the molecule is COc1ccc(C(O)CNC(=O)c2cc(C)oc2C)cc1OC. The molecule has 0 saturated heterocycles. The molecule has 2 N–H and O–H groups in total. The zero-order valence-corrected chi connectivity index (χ0v) is 13.7. The van der Waals surface area contributed by atoms with Crippen LogP contribution in [0.4, 0.5) is 0 Å². The minimum atomic E-state index is -0.855. The van der Waals surface area contributed by atoms with Gasteiger partial charge in [-0.1, -0.05) is 6.07 Å². The molecular formula is C17H21NO5. The number of carbonyl (C=O) groups is 1. The average Bonchev–Trinajstić information content (AvgIpc) is 2.90. The van der Waals surface area contributed by atoms with Crippen molar-refractivity contribution < 1.29 is 23.8 Å². The van der Waals surface area contributed by atoms with Gasteiger partial charge in [0.25, 0.3) is 5.91 Å². The summed E-state index contributed by atoms with van der Waals surface area (Å²) in [4.78, 5) is 12.1. The summed E-state index contributed by atoms with van der Waals surface area (Å²) in [5.74, 6) is 2.06. The van der Waals surface area contributed by atoms with Crippen molar-refractivity contribution in [2.45, 2.75) is 20.0 Å². The van der Waals surface area contributed by atoms with Crippen LogP contribution >= 0.6 is 0 Å². The van der Waals surface area contributed by atoms with Crippen molar-refractivity contribution in [1.29, 1.82) is 0 Å². The quantitative estimate of drug-likeness (QED) is 0.854. The van der Waals surface area contributed by atoms with Crippen molar-refractivity contribution in [3.8, 4) is 11.5 Å². The Bertz CT molecular complexity index is 692. The van der Waals surface area contributed by atoms with Crippen molar-refractivity contribution in [3.05, 3.63) is 46.9 Å². The summed E-state index contributed by atoms with van der Waals surface area (Å²) in [6.07, 6.45) is -0.855. The third kappa shape index (κ3) is 3.84. The number of aliphatic hydroxyl groups excluding tert-OH is 1. The van der Waals surface area contributed by atoms with Crippen LogP contribution in [0.15, 0.2) is 28.7 Å². The molecule has 0 aliphatic heterocycles. The number of benzene rings is 1. The Morgan fingerprint density at radius 3 is 2.48 bits per heavy atom. The van der Waals surface area contributed by atoms with E-state index in [-0.39, 0.29) is 12.5 Å². The van der Waals surface area contributed by atoms with Gasteiger partial charge in [-0.2, -0.15) is 0 Å². The second-order valence-corrected chi connectivity index (χ2v) is 5.17. The predicted octanol–water partition coefficient (Wildman–Crippen LogP) is 2.38. The summed E-state index contributed by atoms with van der Waals surface area (Å²) in [6, 6.07) is 6.80. The van der Waals surface area contributed by atoms with E-state index in [9.17, 15) is 9.90 Å². The topological polar surface area (TPSA) is 80.9 Å². The molecule has 1 atom stereocenters. The summed E-state index contributed by atoms with van der Waals surface area (Å²) in [5.41, 5.74) is 1.10. The lowest BCUT2D eigenvalue weighted by atomic mass is 10.1. The van der Waals surface area contributed by atoms with Crippen molar-refractivity contribution >= 4 is 5.91 Å². The maximum Gasteiger partial charge on any atom is 0.254 e. The first-order valence-corrected chi connectivity index (χ1v) is 7.21. The first-order chi connectivity index (χ1) is 11.0. The molecular weight excluding hydrogens is 298 g/mol. The summed E-state index contributed by atoms with van der Waals surface area (Å²) in [5, 5.41) is 12.9. The zero-order chi connectivity index (χ0) is 17.0. The van der Waals surface area contributed by atoms with Crippen molar-refractivity contribution in [3.63, 3.8) is 0 Å². The Morgan fingerprint density at radius 1 is 1.22 bits per heavy atom. The van der Waals surface area contributed by atoms with Crippen LogP contribution in [-0.2, 0) is 0 Å². The maximum atomic E-state index is 12.1. The van der Waals surface area contributed by atoms with Crippen LogP contribution < -0.4 is 14.8 Å². The number of ether oxygens (including phenoxy) is 2. The number of aliphatic hydroxyl groups is 1. The smallest absolute Gasteiger partial charge is 0.254 e. The monoisotopic (exact) mass is 319 g/mol. The van der Waals surface area contributed by atoms with Gasteiger partial charge >= 0.3 is 0 Å². The minimum absolute atomic E-state index is 0.0813. The van der Waals surface area contributed by atoms with E-state index in [0.717, 1.165) is 0 Å². The van der Waals surface area contributed by atoms with Crippen LogP contribution in [0.1, 0.15) is 33.5 Å². The molecule has 2 aromatic rings. The Balaban J connectivity index is 2.03. The molecule has 0 aliphatic rings. The molecule has 1 heterocycles. The van der Waals surface area contributed by atoms with Gasteiger partial charge in [-0.15, -0.1) is 0 Å². The Labute approximate surface area is 135 Å². The lowest BCUT2D eigenvalue weighted by molar-refractivity contribution is 0.0914. The molecule has 124 valence electrons. The highest BCUT2D eigenvalue weighted by atomic mass is 16.5. The van der Waals surface area contributed by atoms with Gasteiger partial charge in [-0.3, -0.25) is 4.79 Å². The molecule has 0 spiro atoms. The van der Waals surface area contributed by atoms with Crippen LogP contribution in [0, 0.1) is 13.8 Å². The van der Waals surface area contributed by atoms with Crippen LogP contribution in [0.25, 0.3) is 0 Å². The normalized spacial score (nSPS) is 11.9. The summed E-state index contributed by atoms with van der Waals surface area (Å²) in [6.45, 7) is 3.59. The molecule has 6 nitrogen and oxygen atoms in total. The third-order valence-electron chi connectivity index (χ3n) is 3.53. The predicted molar refractivity (Wildman–Crippen MR) is 85.0 cm³/mol. The molecule has 1 unspecified atom stereocenters. The van der Waals surface area contributed by atoms with Crippen molar-refractivity contribution in [1.82, 2.24) is 5.32 Å². The fourth-order valence-corrected chi connectivity index (χ4v) is 2.32. The number of aryl methyl sites for hydroxylation is 2. The summed E-state index contributed by atoms with van der Waals surface area (Å²) in [7, 11) is 3.07. The molecule has 1 aromatic heterocycles. The van der Waals surface area contributed by atoms with Gasteiger partial charge < -0.3 is 24.3 Å². The van der Waals surface area contributed by atoms with Crippen LogP contribution in [0.3, 0.4) is 0 Å². The highest BCUT2D eigenvalue weighted by Crippen LogP contribution is 2.29. The first kappa shape index (κ1) is 16.9. The van der Waals surface area contributed by atoms with E-state index in [4.69, 9.17) is 13.9 Å². The minimum Gasteiger partial charge on any atom is -0.493 e. The lowest BCUT2D eigenvalue weighted by Crippen LogP contribution is -2.28. The molecule has 2 rings (SSSR count). The molecule has 23 heavy (non-hydrogen) atoms. The van der Waals surface area contributed by atoms with Gasteiger partial charge in [0.2, 0.25) is 0 Å². The van der Waals surface area contributed by atoms with Crippen LogP contribution in [-0.4, -0.2) is 31.8 Å². The first-order valence-electron chi connectivity index (χ1n) is 7.21. The highest BCUT2D eigenvalue weighted by Gasteiger charge is 2.16. The highest BCUT2D eigenvalue weighted by molar-refractivity contribution is 5.95. The number of amides is 1. The Kier molecular flexibility index (Phi) is 5.28. The maximum absolute atomic E-state index is 12.1. The van der Waals surface area contributed by atoms with Gasteiger partial charge in [0, 0.05) is 6.54 Å². The summed E-state index contributed by atoms with van der Waals surface area (Å²) < 4.78 is 15.7. The fraction of sp³-hybridized carbons (Fsp3) is 0.353. The Morgan fingerprint density at radius 2 is 1.91 bits per heavy atom. The number of rotatable bonds is 6. The van der Waals surface area contributed by atoms with Gasteiger partial charge in [0.1, 0.15) is 11.5 Å². The van der Waals surface area contributed by atoms with E-state index in [1.807, 2.05) is 0 Å². The zero-order valence-electron chi connectivity index (χ0n) is 13.7. The van der Waals surface area contributed by atoms with E-state index in [0.29, 0.717) is 34.1 Å². The second-order valence-electron chi connectivity index (χ2n) is 5.17. The van der Waals surface area contributed by atoms with Crippen molar-refractivity contribution in [2.24, 2.45) is 0 Å². The molecule has 0 fully saturated rings. The molecule has 1 aromatic carbocycles. The molecule has 0 aliphatic carbocycles. The number of hydrogen-bond acceptors (Lipinski definition) is 5. The van der Waals surface area contributed by atoms with E-state index in [1.54, 1.807) is 45.2 Å². The molecule has 0 saturated carbocycles. The van der Waals surface area contributed by atoms with E-state index in [1.165, 1.54) is 7.11 Å². The standard InChI is InChI=1S/C17H21NO5/c1-10-7-13(11(2)23-10)17(20)18-9-14(19)12-5-6-15(21-3)16(8-12)22-4/h5-8,14,19H,9H2,1-4H3,(H,18,20). The second kappa shape index (κ2) is 7.19. The van der Waals surface area contributed by atoms with E-state index in [2.05, 4.69) is 5.32 Å². The van der Waals surface area contributed by atoms with Gasteiger partial charge in [0.05, 0.1) is 25.9 Å². The molecule has 6 heteroatoms. The van der Waals surface area contributed by atoms with Gasteiger partial charge in [0.15, 0.2) is 11.5 Å². The van der Waals surface area contributed by atoms with Crippen molar-refractivity contribution in [2.75, 3.05) is 20.8 Å².